The molecule has 0 aliphatic heterocycles. The van der Waals surface area contributed by atoms with Crippen LogP contribution in [0.25, 0.3) is 0 Å². The molecule has 0 saturated carbocycles. The Morgan fingerprint density at radius 1 is 0.750 bits per heavy atom. The standard InChI is InChI=1S/3C4H7O2.ClH.Sn/c3*1-3-4(5)6-2;;/h3*1,3H2,2H3;1H;/q;;;;+1/p-1. The first-order valence-electron chi connectivity index (χ1n) is 6.26. The predicted octanol–water partition coefficient (Wildman–Crippen LogP) is 1.86. The number of rotatable bonds is 9. The van der Waals surface area contributed by atoms with Crippen LogP contribution in [0, 0.1) is 0 Å². The SMILES string of the molecule is COC(=O)C[CH2][Sn]([Cl])([CH2]CC(=O)OC)[CH2]CC(=O)OC. The first-order valence-corrected chi connectivity index (χ1v) is 15.9. The van der Waals surface area contributed by atoms with Gasteiger partial charge in [0.2, 0.25) is 0 Å². The van der Waals surface area contributed by atoms with Gasteiger partial charge in [-0.1, -0.05) is 0 Å². The molecule has 0 aromatic carbocycles. The molecule has 0 heterocycles. The van der Waals surface area contributed by atoms with Crippen molar-refractivity contribution in [2.45, 2.75) is 32.6 Å². The fourth-order valence-corrected chi connectivity index (χ4v) is 11.3. The molecule has 0 rings (SSSR count). The summed E-state index contributed by atoms with van der Waals surface area (Å²) in [6, 6.07) is 0. The van der Waals surface area contributed by atoms with Crippen molar-refractivity contribution in [3.63, 3.8) is 0 Å². The Kier molecular flexibility index (Phi) is 10.0. The molecule has 0 N–H and O–H groups in total. The topological polar surface area (TPSA) is 78.9 Å². The number of carbonyl (C=O) groups is 3. The molecule has 0 aliphatic carbocycles. The molecule has 0 bridgehead atoms. The Morgan fingerprint density at radius 3 is 1.20 bits per heavy atom. The van der Waals surface area contributed by atoms with E-state index in [1.54, 1.807) is 0 Å². The normalized spacial score (nSPS) is 10.8. The Bertz CT molecular complexity index is 297. The zero-order chi connectivity index (χ0) is 15.6. The van der Waals surface area contributed by atoms with Gasteiger partial charge in [0.25, 0.3) is 0 Å². The van der Waals surface area contributed by atoms with Gasteiger partial charge in [-0.2, -0.15) is 0 Å². The van der Waals surface area contributed by atoms with Crippen molar-refractivity contribution in [2.75, 3.05) is 21.3 Å². The quantitative estimate of drug-likeness (QED) is 0.325. The van der Waals surface area contributed by atoms with Gasteiger partial charge < -0.3 is 0 Å². The molecular formula is C12H21ClO6Sn. The number of hydrogen-bond acceptors (Lipinski definition) is 6. The minimum absolute atomic E-state index is 0.221. The second-order valence-corrected chi connectivity index (χ2v) is 20.6. The molecule has 0 aliphatic rings. The molecular weight excluding hydrogens is 394 g/mol. The Morgan fingerprint density at radius 2 is 1.00 bits per heavy atom. The van der Waals surface area contributed by atoms with E-state index < -0.39 is 17.3 Å². The molecule has 0 aromatic heterocycles. The van der Waals surface area contributed by atoms with Crippen molar-refractivity contribution in [3.05, 3.63) is 0 Å². The summed E-state index contributed by atoms with van der Waals surface area (Å²) in [5.74, 6) is -0.992. The van der Waals surface area contributed by atoms with Crippen molar-refractivity contribution in [2.24, 2.45) is 0 Å². The first kappa shape index (κ1) is 19.5. The van der Waals surface area contributed by atoms with Crippen LogP contribution in [0.2, 0.25) is 13.3 Å². The van der Waals surface area contributed by atoms with Gasteiger partial charge in [0.15, 0.2) is 0 Å². The molecule has 6 nitrogen and oxygen atoms in total. The molecule has 0 unspecified atom stereocenters. The van der Waals surface area contributed by atoms with Crippen LogP contribution in [0.4, 0.5) is 0 Å². The van der Waals surface area contributed by atoms with Gasteiger partial charge in [0, 0.05) is 0 Å². The van der Waals surface area contributed by atoms with Crippen LogP contribution in [-0.4, -0.2) is 56.5 Å². The van der Waals surface area contributed by atoms with Gasteiger partial charge >= 0.3 is 127 Å². The summed E-state index contributed by atoms with van der Waals surface area (Å²) in [6.45, 7) is 0. The van der Waals surface area contributed by atoms with E-state index in [0.29, 0.717) is 13.3 Å². The van der Waals surface area contributed by atoms with Crippen molar-refractivity contribution in [1.82, 2.24) is 0 Å². The minimum atomic E-state index is -3.23. The molecule has 0 aromatic rings. The van der Waals surface area contributed by atoms with Gasteiger partial charge in [0.1, 0.15) is 0 Å². The van der Waals surface area contributed by atoms with E-state index in [2.05, 4.69) is 14.2 Å². The number of halogens is 1. The van der Waals surface area contributed by atoms with E-state index in [0.717, 1.165) is 0 Å². The van der Waals surface area contributed by atoms with Gasteiger partial charge in [-0.25, -0.2) is 0 Å². The third kappa shape index (κ3) is 8.63. The third-order valence-corrected chi connectivity index (χ3v) is 16.6. The predicted molar refractivity (Wildman–Crippen MR) is 75.9 cm³/mol. The van der Waals surface area contributed by atoms with E-state index >= 15 is 0 Å². The molecule has 0 radical (unpaired) electrons. The Hall–Kier alpha value is -0.501. The first-order chi connectivity index (χ1) is 9.36. The van der Waals surface area contributed by atoms with Crippen LogP contribution < -0.4 is 0 Å². The number of carbonyl (C=O) groups excluding carboxylic acids is 3. The zero-order valence-corrected chi connectivity index (χ0v) is 15.7. The van der Waals surface area contributed by atoms with Crippen LogP contribution in [0.5, 0.6) is 0 Å². The third-order valence-electron chi connectivity index (χ3n) is 3.01. The fraction of sp³-hybridized carbons (Fsp3) is 0.750. The van der Waals surface area contributed by atoms with Gasteiger partial charge in [-0.05, 0) is 0 Å². The summed E-state index contributed by atoms with van der Waals surface area (Å²) < 4.78 is 15.3. The summed E-state index contributed by atoms with van der Waals surface area (Å²) >= 11 is -3.23. The van der Waals surface area contributed by atoms with Crippen LogP contribution >= 0.6 is 8.92 Å². The van der Waals surface area contributed by atoms with E-state index in [4.69, 9.17) is 8.92 Å². The van der Waals surface area contributed by atoms with Crippen LogP contribution in [0.3, 0.4) is 0 Å². The molecule has 0 spiro atoms. The van der Waals surface area contributed by atoms with Gasteiger partial charge in [-0.3, -0.25) is 0 Å². The van der Waals surface area contributed by atoms with E-state index in [1.807, 2.05) is 0 Å². The van der Waals surface area contributed by atoms with Gasteiger partial charge in [-0.15, -0.1) is 0 Å². The number of methoxy groups -OCH3 is 3. The monoisotopic (exact) mass is 416 g/mol. The molecule has 0 amide bonds. The zero-order valence-electron chi connectivity index (χ0n) is 12.1. The van der Waals surface area contributed by atoms with Crippen molar-refractivity contribution in [1.29, 1.82) is 0 Å². The molecule has 0 fully saturated rings. The molecule has 0 atom stereocenters. The van der Waals surface area contributed by atoms with Crippen LogP contribution in [0.1, 0.15) is 19.3 Å². The molecule has 0 saturated heterocycles. The van der Waals surface area contributed by atoms with Crippen molar-refractivity contribution >= 4 is 44.1 Å². The summed E-state index contributed by atoms with van der Waals surface area (Å²) in [4.78, 5) is 33.6. The second-order valence-electron chi connectivity index (χ2n) is 4.38. The molecule has 20 heavy (non-hydrogen) atoms. The number of ether oxygens (including phenoxy) is 3. The maximum absolute atomic E-state index is 11.2. The fourth-order valence-electron chi connectivity index (χ4n) is 1.66. The average molecular weight is 415 g/mol. The van der Waals surface area contributed by atoms with Crippen LogP contribution in [-0.2, 0) is 28.6 Å². The van der Waals surface area contributed by atoms with E-state index in [-0.39, 0.29) is 37.2 Å². The number of hydrogen-bond donors (Lipinski definition) is 0. The molecule has 8 heteroatoms. The van der Waals surface area contributed by atoms with Crippen molar-refractivity contribution < 1.29 is 28.6 Å². The van der Waals surface area contributed by atoms with Crippen molar-refractivity contribution in [3.8, 4) is 0 Å². The number of esters is 3. The average Bonchev–Trinajstić information content (AvgIpc) is 2.47. The van der Waals surface area contributed by atoms with E-state index in [9.17, 15) is 14.4 Å². The van der Waals surface area contributed by atoms with E-state index in [1.165, 1.54) is 21.3 Å². The Balaban J connectivity index is 4.51. The Labute approximate surface area is 126 Å². The van der Waals surface area contributed by atoms with Crippen LogP contribution in [0.15, 0.2) is 0 Å². The summed E-state index contributed by atoms with van der Waals surface area (Å²) in [5.41, 5.74) is 0. The molecule has 116 valence electrons. The second kappa shape index (κ2) is 10.3. The summed E-state index contributed by atoms with van der Waals surface area (Å²) in [7, 11) is 10.6. The summed E-state index contributed by atoms with van der Waals surface area (Å²) in [6.07, 6.45) is 0.662. The summed E-state index contributed by atoms with van der Waals surface area (Å²) in [5, 5.41) is 0. The maximum atomic E-state index is 11.2. The van der Waals surface area contributed by atoms with Gasteiger partial charge in [0.05, 0.1) is 0 Å².